The molecule has 13 N–H and O–H groups in total. The summed E-state index contributed by atoms with van der Waals surface area (Å²) in [5.74, 6) is -19.9. The maximum Gasteiger partial charge on any atom is 0.340 e. The smallest absolute Gasteiger partial charge is 0.340 e. The zero-order valence-electron chi connectivity index (χ0n) is 27.5. The van der Waals surface area contributed by atoms with Crippen molar-refractivity contribution < 1.29 is 109 Å². The molecule has 0 aromatic heterocycles. The fraction of sp³-hybridized carbons (Fsp3) is 0.176. The van der Waals surface area contributed by atoms with E-state index in [1.807, 2.05) is 0 Å². The standard InChI is InChI=1S/C34H26O22/c35-12-1-8(2-13(36)21(12)41)30(48)55-29-27(47)28-18(53-34(29)56-31(49)9-3-14(37)22(42)15(38)4-9)7-52-32(50)10-5-16(39)23(43)25(45)19(10)20-11(33(51)54-28)6-17(40)24(44)26(20)46/h1-6,18,27-29,34-47H,7H2/t18-,27+,28+,29+,34+/m1/s1. The van der Waals surface area contributed by atoms with Gasteiger partial charge in [-0.2, -0.15) is 0 Å². The number of hydrogen-bond acceptors (Lipinski definition) is 22. The van der Waals surface area contributed by atoms with Gasteiger partial charge in [-0.1, -0.05) is 0 Å². The predicted octanol–water partition coefficient (Wildman–Crippen LogP) is 0.685. The van der Waals surface area contributed by atoms with Gasteiger partial charge in [0.25, 0.3) is 0 Å². The predicted molar refractivity (Wildman–Crippen MR) is 174 cm³/mol. The van der Waals surface area contributed by atoms with Gasteiger partial charge in [0.15, 0.2) is 69.7 Å². The summed E-state index contributed by atoms with van der Waals surface area (Å²) in [5, 5.41) is 133. The first-order valence-electron chi connectivity index (χ1n) is 15.5. The molecule has 1 fully saturated rings. The highest BCUT2D eigenvalue weighted by Gasteiger charge is 2.52. The van der Waals surface area contributed by atoms with Gasteiger partial charge in [0, 0.05) is 11.1 Å². The average Bonchev–Trinajstić information content (AvgIpc) is 3.16. The highest BCUT2D eigenvalue weighted by Crippen LogP contribution is 2.53. The Morgan fingerprint density at radius 2 is 0.964 bits per heavy atom. The monoisotopic (exact) mass is 786 g/mol. The molecule has 1 saturated heterocycles. The van der Waals surface area contributed by atoms with Crippen molar-refractivity contribution in [2.45, 2.75) is 30.7 Å². The minimum atomic E-state index is -2.41. The van der Waals surface area contributed by atoms with Crippen LogP contribution in [0.2, 0.25) is 0 Å². The van der Waals surface area contributed by atoms with E-state index in [1.165, 1.54) is 0 Å². The summed E-state index contributed by atoms with van der Waals surface area (Å²) in [4.78, 5) is 53.8. The SMILES string of the molecule is O=C(O[C@@H]1O[C@@H]2COC(=O)c3cc(O)c(O)c(O)c3-c3c(cc(O)c(O)c3O)C(=O)O[C@@H]2[C@H](O)[C@@H]1OC(=O)c1cc(O)c(O)c(O)c1)c1cc(O)c(O)c(O)c1. The number of rotatable bonds is 4. The Kier molecular flexibility index (Phi) is 9.45. The summed E-state index contributed by atoms with van der Waals surface area (Å²) in [6.45, 7) is -1.09. The van der Waals surface area contributed by atoms with Crippen LogP contribution in [-0.4, -0.2) is 128 Å². The number of carbonyl (C=O) groups is 4. The third-order valence-electron chi connectivity index (χ3n) is 8.51. The van der Waals surface area contributed by atoms with Crippen molar-refractivity contribution >= 4 is 23.9 Å². The van der Waals surface area contributed by atoms with Crippen molar-refractivity contribution in [2.75, 3.05) is 6.61 Å². The zero-order chi connectivity index (χ0) is 41.1. The average molecular weight is 787 g/mol. The maximum atomic E-state index is 13.8. The molecule has 4 aromatic carbocycles. The number of cyclic esters (lactones) is 1. The van der Waals surface area contributed by atoms with Crippen LogP contribution in [0.15, 0.2) is 36.4 Å². The number of carbonyl (C=O) groups excluding carboxylic acids is 4. The quantitative estimate of drug-likeness (QED) is 0.0768. The van der Waals surface area contributed by atoms with E-state index in [4.69, 9.17) is 23.7 Å². The van der Waals surface area contributed by atoms with Gasteiger partial charge in [-0.25, -0.2) is 19.2 Å². The first kappa shape index (κ1) is 38.0. The number of phenols is 12. The number of aromatic hydroxyl groups is 12. The van der Waals surface area contributed by atoms with E-state index in [-0.39, 0.29) is 0 Å². The van der Waals surface area contributed by atoms with Crippen LogP contribution in [0.25, 0.3) is 11.1 Å². The first-order chi connectivity index (χ1) is 26.3. The lowest BCUT2D eigenvalue weighted by Gasteiger charge is -2.42. The van der Waals surface area contributed by atoms with Crippen LogP contribution in [0.5, 0.6) is 69.0 Å². The van der Waals surface area contributed by atoms with E-state index in [0.717, 1.165) is 0 Å². The summed E-state index contributed by atoms with van der Waals surface area (Å²) >= 11 is 0. The number of hydrogen-bond donors (Lipinski definition) is 13. The molecule has 0 radical (unpaired) electrons. The minimum absolute atomic E-state index is 0.475. The van der Waals surface area contributed by atoms with Crippen LogP contribution in [0.3, 0.4) is 0 Å². The van der Waals surface area contributed by atoms with E-state index in [9.17, 15) is 85.6 Å². The summed E-state index contributed by atoms with van der Waals surface area (Å²) in [7, 11) is 0. The van der Waals surface area contributed by atoms with Gasteiger partial charge in [0.1, 0.15) is 18.8 Å². The number of benzene rings is 4. The number of aliphatic hydroxyl groups excluding tert-OH is 1. The van der Waals surface area contributed by atoms with Crippen LogP contribution in [0, 0.1) is 0 Å². The molecule has 0 spiro atoms. The molecule has 0 bridgehead atoms. The van der Waals surface area contributed by atoms with Crippen LogP contribution in [-0.2, 0) is 23.7 Å². The fourth-order valence-corrected chi connectivity index (χ4v) is 5.74. The minimum Gasteiger partial charge on any atom is -0.504 e. The Bertz CT molecular complexity index is 2290. The van der Waals surface area contributed by atoms with Gasteiger partial charge < -0.3 is 90.1 Å². The van der Waals surface area contributed by atoms with Crippen LogP contribution in [0.1, 0.15) is 41.4 Å². The molecule has 4 aromatic rings. The van der Waals surface area contributed by atoms with Gasteiger partial charge in [0.2, 0.25) is 17.8 Å². The van der Waals surface area contributed by atoms with Gasteiger partial charge in [0.05, 0.1) is 22.3 Å². The second-order valence-corrected chi connectivity index (χ2v) is 12.0. The fourth-order valence-electron chi connectivity index (χ4n) is 5.74. The van der Waals surface area contributed by atoms with Gasteiger partial charge >= 0.3 is 23.9 Å². The zero-order valence-corrected chi connectivity index (χ0v) is 27.5. The molecule has 0 aliphatic carbocycles. The number of aliphatic hydroxyl groups is 1. The maximum absolute atomic E-state index is 13.8. The number of esters is 4. The van der Waals surface area contributed by atoms with Crippen molar-refractivity contribution in [1.82, 2.24) is 0 Å². The summed E-state index contributed by atoms with van der Waals surface area (Å²) in [5.41, 5.74) is -5.17. The van der Waals surface area contributed by atoms with Crippen molar-refractivity contribution in [2.24, 2.45) is 0 Å². The van der Waals surface area contributed by atoms with E-state index in [1.54, 1.807) is 0 Å². The van der Waals surface area contributed by atoms with Crippen molar-refractivity contribution in [1.29, 1.82) is 0 Å². The highest BCUT2D eigenvalue weighted by molar-refractivity contribution is 6.08. The molecule has 2 aliphatic heterocycles. The molecule has 0 amide bonds. The third kappa shape index (κ3) is 6.45. The van der Waals surface area contributed by atoms with Crippen molar-refractivity contribution in [3.63, 3.8) is 0 Å². The molecule has 0 saturated carbocycles. The molecule has 2 aliphatic rings. The Labute approximate surface area is 309 Å². The molecule has 56 heavy (non-hydrogen) atoms. The van der Waals surface area contributed by atoms with Gasteiger partial charge in [-0.3, -0.25) is 0 Å². The van der Waals surface area contributed by atoms with Crippen LogP contribution >= 0.6 is 0 Å². The molecule has 5 atom stereocenters. The van der Waals surface area contributed by atoms with Crippen molar-refractivity contribution in [3.05, 3.63) is 58.7 Å². The molecule has 6 rings (SSSR count). The Balaban J connectivity index is 1.46. The molecule has 22 nitrogen and oxygen atoms in total. The number of phenolic OH excluding ortho intramolecular Hbond substituents is 12. The van der Waals surface area contributed by atoms with Crippen LogP contribution < -0.4 is 0 Å². The normalized spacial score (nSPS) is 20.6. The van der Waals surface area contributed by atoms with E-state index in [0.29, 0.717) is 36.4 Å². The third-order valence-corrected chi connectivity index (χ3v) is 8.51. The van der Waals surface area contributed by atoms with E-state index >= 15 is 0 Å². The second-order valence-electron chi connectivity index (χ2n) is 12.0. The summed E-state index contributed by atoms with van der Waals surface area (Å²) in [6.07, 6.45) is -11.2. The molecular formula is C34H26O22. The summed E-state index contributed by atoms with van der Waals surface area (Å²) < 4.78 is 26.9. The van der Waals surface area contributed by atoms with Crippen LogP contribution in [0.4, 0.5) is 0 Å². The lowest BCUT2D eigenvalue weighted by molar-refractivity contribution is -0.283. The Morgan fingerprint density at radius 3 is 1.43 bits per heavy atom. The molecule has 22 heteroatoms. The summed E-state index contributed by atoms with van der Waals surface area (Å²) in [6, 6.07) is 3.47. The molecular weight excluding hydrogens is 760 g/mol. The lowest BCUT2D eigenvalue weighted by Crippen LogP contribution is -2.62. The Morgan fingerprint density at radius 1 is 0.554 bits per heavy atom. The van der Waals surface area contributed by atoms with Gasteiger partial charge in [-0.15, -0.1) is 0 Å². The molecule has 294 valence electrons. The second kappa shape index (κ2) is 13.9. The van der Waals surface area contributed by atoms with Crippen molar-refractivity contribution in [3.8, 4) is 80.1 Å². The number of ether oxygens (including phenoxy) is 5. The first-order valence-corrected chi connectivity index (χ1v) is 15.5. The molecule has 2 heterocycles. The topological polar surface area (TPSA) is 377 Å². The van der Waals surface area contributed by atoms with Gasteiger partial charge in [-0.05, 0) is 36.4 Å². The van der Waals surface area contributed by atoms with E-state index < -0.39 is 164 Å². The lowest BCUT2D eigenvalue weighted by atomic mass is 9.92. The van der Waals surface area contributed by atoms with E-state index in [2.05, 4.69) is 0 Å². The highest BCUT2D eigenvalue weighted by atomic mass is 16.7. The molecule has 0 unspecified atom stereocenters. The number of fused-ring (bicyclic) bond motifs is 4. The largest absolute Gasteiger partial charge is 0.504 e. The Hall–Kier alpha value is -7.72.